The van der Waals surface area contributed by atoms with Crippen molar-refractivity contribution < 1.29 is 14.3 Å². The average molecular weight is 315 g/mol. The molecule has 4 unspecified atom stereocenters. The van der Waals surface area contributed by atoms with Crippen LogP contribution in [-0.2, 0) is 9.53 Å². The lowest BCUT2D eigenvalue weighted by Crippen LogP contribution is -2.51. The second-order valence-corrected chi connectivity index (χ2v) is 5.27. The van der Waals surface area contributed by atoms with E-state index < -0.39 is 6.04 Å². The molecule has 2 rings (SSSR count). The molecule has 1 heterocycles. The molecule has 3 N–H and O–H groups in total. The fourth-order valence-corrected chi connectivity index (χ4v) is 2.59. The van der Waals surface area contributed by atoms with Gasteiger partial charge in [0, 0.05) is 18.6 Å². The number of hydrogen-bond acceptors (Lipinski definition) is 4. The number of halogens is 1. The summed E-state index contributed by atoms with van der Waals surface area (Å²) in [5.41, 5.74) is 6.90. The molecular weight excluding hydrogens is 292 g/mol. The predicted octanol–water partition coefficient (Wildman–Crippen LogP) is 1.45. The van der Waals surface area contributed by atoms with Gasteiger partial charge in [-0.2, -0.15) is 0 Å². The minimum absolute atomic E-state index is 0. The lowest BCUT2D eigenvalue weighted by Gasteiger charge is -2.25. The first-order valence-electron chi connectivity index (χ1n) is 6.85. The summed E-state index contributed by atoms with van der Waals surface area (Å²) in [4.78, 5) is 11.9. The van der Waals surface area contributed by atoms with E-state index in [1.54, 1.807) is 0 Å². The summed E-state index contributed by atoms with van der Waals surface area (Å²) < 4.78 is 10.8. The average Bonchev–Trinajstić information content (AvgIpc) is 2.77. The van der Waals surface area contributed by atoms with Crippen LogP contribution in [0.4, 0.5) is 0 Å². The molecule has 1 aromatic rings. The van der Waals surface area contributed by atoms with Gasteiger partial charge in [-0.25, -0.2) is 0 Å². The SMILES string of the molecule is COCC(N)C(=O)NC(C)C1Oc2ccccc2C1C.Cl. The monoisotopic (exact) mass is 314 g/mol. The van der Waals surface area contributed by atoms with Gasteiger partial charge in [-0.05, 0) is 13.0 Å². The van der Waals surface area contributed by atoms with Crippen LogP contribution in [0.2, 0.25) is 0 Å². The van der Waals surface area contributed by atoms with Crippen LogP contribution < -0.4 is 15.8 Å². The van der Waals surface area contributed by atoms with E-state index >= 15 is 0 Å². The Bertz CT molecular complexity index is 484. The maximum atomic E-state index is 11.9. The minimum Gasteiger partial charge on any atom is -0.487 e. The van der Waals surface area contributed by atoms with E-state index in [0.29, 0.717) is 0 Å². The fourth-order valence-electron chi connectivity index (χ4n) is 2.59. The predicted molar refractivity (Wildman–Crippen MR) is 84.0 cm³/mol. The highest BCUT2D eigenvalue weighted by Crippen LogP contribution is 2.38. The number of rotatable bonds is 5. The van der Waals surface area contributed by atoms with Crippen molar-refractivity contribution in [2.24, 2.45) is 5.73 Å². The lowest BCUT2D eigenvalue weighted by molar-refractivity contribution is -0.124. The number of fused-ring (bicyclic) bond motifs is 1. The molecule has 4 atom stereocenters. The fraction of sp³-hybridized carbons (Fsp3) is 0.533. The highest BCUT2D eigenvalue weighted by Gasteiger charge is 2.35. The zero-order chi connectivity index (χ0) is 14.7. The van der Waals surface area contributed by atoms with E-state index in [0.717, 1.165) is 5.75 Å². The summed E-state index contributed by atoms with van der Waals surface area (Å²) in [7, 11) is 1.52. The molecule has 21 heavy (non-hydrogen) atoms. The Morgan fingerprint density at radius 2 is 2.14 bits per heavy atom. The molecule has 0 aliphatic carbocycles. The van der Waals surface area contributed by atoms with Crippen LogP contribution in [0.3, 0.4) is 0 Å². The first kappa shape index (κ1) is 17.8. The molecule has 1 amide bonds. The Kier molecular flexibility index (Phi) is 6.45. The molecule has 0 saturated carbocycles. The van der Waals surface area contributed by atoms with Gasteiger partial charge in [0.05, 0.1) is 12.6 Å². The summed E-state index contributed by atoms with van der Waals surface area (Å²) in [6.07, 6.45) is -0.0777. The zero-order valence-electron chi connectivity index (χ0n) is 12.5. The van der Waals surface area contributed by atoms with Crippen molar-refractivity contribution in [3.8, 4) is 5.75 Å². The van der Waals surface area contributed by atoms with E-state index in [-0.39, 0.29) is 43.0 Å². The second kappa shape index (κ2) is 7.64. The van der Waals surface area contributed by atoms with E-state index in [2.05, 4.69) is 18.3 Å². The van der Waals surface area contributed by atoms with Crippen molar-refractivity contribution in [1.82, 2.24) is 5.32 Å². The number of carbonyl (C=O) groups is 1. The molecule has 1 aliphatic rings. The molecule has 118 valence electrons. The van der Waals surface area contributed by atoms with Gasteiger partial charge in [-0.1, -0.05) is 25.1 Å². The molecule has 1 aliphatic heterocycles. The Morgan fingerprint density at radius 1 is 1.48 bits per heavy atom. The first-order valence-corrected chi connectivity index (χ1v) is 6.85. The van der Waals surface area contributed by atoms with Gasteiger partial charge in [-0.3, -0.25) is 4.79 Å². The van der Waals surface area contributed by atoms with Crippen LogP contribution in [0, 0.1) is 0 Å². The van der Waals surface area contributed by atoms with Crippen LogP contribution in [-0.4, -0.2) is 37.8 Å². The summed E-state index contributed by atoms with van der Waals surface area (Å²) >= 11 is 0. The van der Waals surface area contributed by atoms with E-state index in [1.165, 1.54) is 12.7 Å². The lowest BCUT2D eigenvalue weighted by atomic mass is 9.93. The van der Waals surface area contributed by atoms with E-state index in [4.69, 9.17) is 15.2 Å². The van der Waals surface area contributed by atoms with Crippen LogP contribution in [0.15, 0.2) is 24.3 Å². The largest absolute Gasteiger partial charge is 0.487 e. The normalized spacial score (nSPS) is 22.5. The molecule has 0 radical (unpaired) electrons. The quantitative estimate of drug-likeness (QED) is 0.863. The van der Waals surface area contributed by atoms with Gasteiger partial charge in [-0.15, -0.1) is 12.4 Å². The highest BCUT2D eigenvalue weighted by atomic mass is 35.5. The van der Waals surface area contributed by atoms with Gasteiger partial charge >= 0.3 is 0 Å². The van der Waals surface area contributed by atoms with Crippen molar-refractivity contribution >= 4 is 18.3 Å². The van der Waals surface area contributed by atoms with Crippen molar-refractivity contribution in [3.05, 3.63) is 29.8 Å². The van der Waals surface area contributed by atoms with Gasteiger partial charge in [0.25, 0.3) is 0 Å². The maximum absolute atomic E-state index is 11.9. The van der Waals surface area contributed by atoms with Gasteiger partial charge in [0.15, 0.2) is 0 Å². The second-order valence-electron chi connectivity index (χ2n) is 5.27. The van der Waals surface area contributed by atoms with Crippen LogP contribution in [0.25, 0.3) is 0 Å². The number of nitrogens with one attached hydrogen (secondary N) is 1. The van der Waals surface area contributed by atoms with Crippen molar-refractivity contribution in [3.63, 3.8) is 0 Å². The topological polar surface area (TPSA) is 73.6 Å². The molecule has 0 fully saturated rings. The van der Waals surface area contributed by atoms with Crippen LogP contribution in [0.5, 0.6) is 5.75 Å². The molecule has 0 bridgehead atoms. The molecule has 5 nitrogen and oxygen atoms in total. The number of hydrogen-bond donors (Lipinski definition) is 2. The summed E-state index contributed by atoms with van der Waals surface area (Å²) in [5.74, 6) is 0.915. The standard InChI is InChI=1S/C15H22N2O3.ClH/c1-9-11-6-4-5-7-13(11)20-14(9)10(2)17-15(18)12(16)8-19-3;/h4-7,9-10,12,14H,8,16H2,1-3H3,(H,17,18);1H. The Hall–Kier alpha value is -1.30. The Labute approximate surface area is 131 Å². The van der Waals surface area contributed by atoms with Crippen molar-refractivity contribution in [1.29, 1.82) is 0 Å². The third-order valence-electron chi connectivity index (χ3n) is 3.71. The zero-order valence-corrected chi connectivity index (χ0v) is 13.4. The smallest absolute Gasteiger partial charge is 0.239 e. The third-order valence-corrected chi connectivity index (χ3v) is 3.71. The van der Waals surface area contributed by atoms with E-state index in [1.807, 2.05) is 25.1 Å². The third kappa shape index (κ3) is 3.87. The summed E-state index contributed by atoms with van der Waals surface area (Å²) in [5, 5.41) is 2.90. The Morgan fingerprint density at radius 3 is 2.76 bits per heavy atom. The molecular formula is C15H23ClN2O3. The summed E-state index contributed by atoms with van der Waals surface area (Å²) in [6, 6.07) is 7.20. The van der Waals surface area contributed by atoms with Crippen LogP contribution in [0.1, 0.15) is 25.3 Å². The van der Waals surface area contributed by atoms with Crippen LogP contribution >= 0.6 is 12.4 Å². The number of para-hydroxylation sites is 1. The maximum Gasteiger partial charge on any atom is 0.239 e. The molecule has 6 heteroatoms. The number of ether oxygens (including phenoxy) is 2. The number of methoxy groups -OCH3 is 1. The molecule has 0 aromatic heterocycles. The minimum atomic E-state index is -0.651. The number of nitrogens with two attached hydrogens (primary N) is 1. The molecule has 0 saturated heterocycles. The summed E-state index contributed by atoms with van der Waals surface area (Å²) in [6.45, 7) is 4.25. The number of amides is 1. The Balaban J connectivity index is 0.00000220. The molecule has 0 spiro atoms. The first-order chi connectivity index (χ1) is 9.54. The molecule has 1 aromatic carbocycles. The van der Waals surface area contributed by atoms with Gasteiger partial charge < -0.3 is 20.5 Å². The van der Waals surface area contributed by atoms with Gasteiger partial charge in [0.1, 0.15) is 17.9 Å². The van der Waals surface area contributed by atoms with E-state index in [9.17, 15) is 4.79 Å². The highest BCUT2D eigenvalue weighted by molar-refractivity contribution is 5.85. The number of benzene rings is 1. The van der Waals surface area contributed by atoms with Gasteiger partial charge in [0.2, 0.25) is 5.91 Å². The van der Waals surface area contributed by atoms with Crippen molar-refractivity contribution in [2.45, 2.75) is 38.0 Å². The van der Waals surface area contributed by atoms with Crippen molar-refractivity contribution in [2.75, 3.05) is 13.7 Å². The number of carbonyl (C=O) groups excluding carboxylic acids is 1.